The Morgan fingerprint density at radius 3 is 1.35 bits per heavy atom. The summed E-state index contributed by atoms with van der Waals surface area (Å²) >= 11 is 0. The van der Waals surface area contributed by atoms with E-state index in [9.17, 15) is 10.2 Å². The van der Waals surface area contributed by atoms with Gasteiger partial charge in [-0.05, 0) is 127 Å². The molecule has 2 unspecified atom stereocenters. The summed E-state index contributed by atoms with van der Waals surface area (Å²) in [6.45, 7) is 18.1. The van der Waals surface area contributed by atoms with Crippen LogP contribution in [-0.2, 0) is 10.8 Å². The van der Waals surface area contributed by atoms with Gasteiger partial charge in [0.25, 0.3) is 0 Å². The van der Waals surface area contributed by atoms with Crippen molar-refractivity contribution in [3.63, 3.8) is 0 Å². The van der Waals surface area contributed by atoms with E-state index in [4.69, 9.17) is 0 Å². The Morgan fingerprint density at radius 2 is 1.03 bits per heavy atom. The molecule has 0 spiro atoms. The fourth-order valence-corrected chi connectivity index (χ4v) is 9.15. The van der Waals surface area contributed by atoms with Gasteiger partial charge < -0.3 is 10.2 Å². The van der Waals surface area contributed by atoms with Crippen LogP contribution in [0.1, 0.15) is 106 Å². The van der Waals surface area contributed by atoms with E-state index in [1.165, 1.54) is 56.1 Å². The average molecular weight is 461 g/mol. The van der Waals surface area contributed by atoms with Gasteiger partial charge in [0.1, 0.15) is 11.5 Å². The van der Waals surface area contributed by atoms with Crippen molar-refractivity contribution in [2.75, 3.05) is 0 Å². The van der Waals surface area contributed by atoms with E-state index >= 15 is 0 Å². The Morgan fingerprint density at radius 1 is 0.647 bits per heavy atom. The maximum absolute atomic E-state index is 10.6. The first-order valence-electron chi connectivity index (χ1n) is 13.3. The van der Waals surface area contributed by atoms with E-state index in [1.54, 1.807) is 0 Å². The number of phenolic OH excluding ortho intramolecular Hbond substituents is 2. The fourth-order valence-electron chi connectivity index (χ4n) is 9.15. The van der Waals surface area contributed by atoms with E-state index in [0.29, 0.717) is 16.9 Å². The van der Waals surface area contributed by atoms with Crippen molar-refractivity contribution in [2.45, 2.75) is 111 Å². The minimum absolute atomic E-state index is 0.126. The van der Waals surface area contributed by atoms with Crippen molar-refractivity contribution in [1.82, 2.24) is 0 Å². The smallest absolute Gasteiger partial charge is 0.121 e. The van der Waals surface area contributed by atoms with Gasteiger partial charge in [0.2, 0.25) is 0 Å². The van der Waals surface area contributed by atoms with Crippen molar-refractivity contribution >= 4 is 0 Å². The third-order valence-corrected chi connectivity index (χ3v) is 10.7. The SMILES string of the molecule is CCC12CC3(c4cc(C)c(O)c(C)c4)CC(c4cc(C)c(O)c(C)c4)(C1)CC(C(C)(C)C)(C2)C3. The third-order valence-electron chi connectivity index (χ3n) is 10.7. The van der Waals surface area contributed by atoms with E-state index in [1.807, 2.05) is 0 Å². The molecule has 4 bridgehead atoms. The maximum atomic E-state index is 10.6. The molecule has 0 radical (unpaired) electrons. The zero-order valence-electron chi connectivity index (χ0n) is 22.7. The highest BCUT2D eigenvalue weighted by atomic mass is 16.3. The third kappa shape index (κ3) is 3.12. The molecule has 2 aromatic rings. The predicted molar refractivity (Wildman–Crippen MR) is 141 cm³/mol. The van der Waals surface area contributed by atoms with Crippen LogP contribution < -0.4 is 0 Å². The second kappa shape index (κ2) is 7.05. The van der Waals surface area contributed by atoms with Crippen LogP contribution in [0.4, 0.5) is 0 Å². The van der Waals surface area contributed by atoms with Crippen LogP contribution >= 0.6 is 0 Å². The van der Waals surface area contributed by atoms with Crippen LogP contribution in [0.15, 0.2) is 24.3 Å². The van der Waals surface area contributed by atoms with Gasteiger partial charge in [0, 0.05) is 0 Å². The van der Waals surface area contributed by atoms with Crippen LogP contribution in [0.3, 0.4) is 0 Å². The molecule has 0 saturated heterocycles. The number of aromatic hydroxyl groups is 2. The molecular formula is C32H44O2. The van der Waals surface area contributed by atoms with Crippen LogP contribution in [0.2, 0.25) is 0 Å². The Labute approximate surface area is 206 Å². The summed E-state index contributed by atoms with van der Waals surface area (Å²) in [7, 11) is 0. The number of rotatable bonds is 3. The quantitative estimate of drug-likeness (QED) is 0.483. The lowest BCUT2D eigenvalue weighted by atomic mass is 9.30. The molecule has 2 heteroatoms. The first-order chi connectivity index (χ1) is 15.7. The minimum atomic E-state index is 0.126. The predicted octanol–water partition coefficient (Wildman–Crippen LogP) is 8.32. The highest BCUT2D eigenvalue weighted by Gasteiger charge is 2.70. The van der Waals surface area contributed by atoms with Gasteiger partial charge in [-0.2, -0.15) is 0 Å². The molecular weight excluding hydrogens is 416 g/mol. The normalized spacial score (nSPS) is 34.6. The monoisotopic (exact) mass is 460 g/mol. The van der Waals surface area contributed by atoms with Crippen molar-refractivity contribution < 1.29 is 10.2 Å². The summed E-state index contributed by atoms with van der Waals surface area (Å²) in [5.74, 6) is 0.896. The molecule has 4 aliphatic rings. The van der Waals surface area contributed by atoms with E-state index < -0.39 is 0 Å². The van der Waals surface area contributed by atoms with E-state index in [2.05, 4.69) is 79.7 Å². The van der Waals surface area contributed by atoms with Crippen molar-refractivity contribution in [1.29, 1.82) is 0 Å². The molecule has 6 rings (SSSR count). The summed E-state index contributed by atoms with van der Waals surface area (Å²) in [6, 6.07) is 9.21. The summed E-state index contributed by atoms with van der Waals surface area (Å²) in [5, 5.41) is 21.2. The lowest BCUT2D eigenvalue weighted by molar-refractivity contribution is -0.183. The van der Waals surface area contributed by atoms with E-state index in [-0.39, 0.29) is 21.7 Å². The molecule has 2 nitrogen and oxygen atoms in total. The molecule has 4 saturated carbocycles. The number of hydrogen-bond donors (Lipinski definition) is 2. The molecule has 0 amide bonds. The molecule has 2 atom stereocenters. The second-order valence-electron chi connectivity index (χ2n) is 13.9. The maximum Gasteiger partial charge on any atom is 0.121 e. The number of aryl methyl sites for hydroxylation is 4. The molecule has 4 aliphatic carbocycles. The van der Waals surface area contributed by atoms with Crippen LogP contribution in [0.5, 0.6) is 11.5 Å². The van der Waals surface area contributed by atoms with Crippen LogP contribution in [0.25, 0.3) is 0 Å². The van der Waals surface area contributed by atoms with Gasteiger partial charge in [0.15, 0.2) is 0 Å². The molecule has 184 valence electrons. The van der Waals surface area contributed by atoms with Crippen molar-refractivity contribution in [2.24, 2.45) is 16.2 Å². The van der Waals surface area contributed by atoms with Crippen LogP contribution in [0, 0.1) is 43.9 Å². The largest absolute Gasteiger partial charge is 0.507 e. The lowest BCUT2D eigenvalue weighted by Crippen LogP contribution is -2.66. The topological polar surface area (TPSA) is 40.5 Å². The van der Waals surface area contributed by atoms with Gasteiger partial charge >= 0.3 is 0 Å². The molecule has 0 aliphatic heterocycles. The fraction of sp³-hybridized carbons (Fsp3) is 0.625. The highest BCUT2D eigenvalue weighted by Crippen LogP contribution is 2.78. The summed E-state index contributed by atoms with van der Waals surface area (Å²) in [4.78, 5) is 0. The van der Waals surface area contributed by atoms with Gasteiger partial charge in [0.05, 0.1) is 0 Å². The molecule has 0 aromatic heterocycles. The number of phenols is 2. The standard InChI is InChI=1S/C32H44O2/c1-9-29-14-30(24-10-20(2)26(33)21(3)11-24)17-31(15-29,19-32(16-29,18-30)28(6,7)8)25-12-22(4)27(34)23(5)13-25/h10-13,33-34H,9,14-19H2,1-8H3. The summed E-state index contributed by atoms with van der Waals surface area (Å²) in [6.07, 6.45) is 8.73. The summed E-state index contributed by atoms with van der Waals surface area (Å²) in [5.41, 5.74) is 7.99. The molecule has 2 N–H and O–H groups in total. The first kappa shape index (κ1) is 23.8. The minimum Gasteiger partial charge on any atom is -0.507 e. The number of hydrogen-bond acceptors (Lipinski definition) is 2. The Balaban J connectivity index is 1.79. The Hall–Kier alpha value is -1.96. The highest BCUT2D eigenvalue weighted by molar-refractivity contribution is 5.50. The number of benzene rings is 2. The van der Waals surface area contributed by atoms with Crippen molar-refractivity contribution in [3.8, 4) is 11.5 Å². The van der Waals surface area contributed by atoms with Gasteiger partial charge in [-0.1, -0.05) is 58.4 Å². The first-order valence-corrected chi connectivity index (χ1v) is 13.3. The molecule has 0 heterocycles. The zero-order valence-corrected chi connectivity index (χ0v) is 22.7. The van der Waals surface area contributed by atoms with Gasteiger partial charge in [-0.15, -0.1) is 0 Å². The Bertz CT molecular complexity index is 1040. The lowest BCUT2D eigenvalue weighted by Gasteiger charge is -2.74. The Kier molecular flexibility index (Phi) is 4.93. The van der Waals surface area contributed by atoms with Gasteiger partial charge in [-0.3, -0.25) is 0 Å². The molecule has 4 fully saturated rings. The zero-order chi connectivity index (χ0) is 24.9. The van der Waals surface area contributed by atoms with Crippen molar-refractivity contribution in [3.05, 3.63) is 57.6 Å². The average Bonchev–Trinajstić information content (AvgIpc) is 2.73. The second-order valence-corrected chi connectivity index (χ2v) is 13.9. The van der Waals surface area contributed by atoms with Crippen LogP contribution in [-0.4, -0.2) is 10.2 Å². The van der Waals surface area contributed by atoms with E-state index in [0.717, 1.165) is 22.3 Å². The molecule has 2 aromatic carbocycles. The molecule has 34 heavy (non-hydrogen) atoms. The summed E-state index contributed by atoms with van der Waals surface area (Å²) < 4.78 is 0. The van der Waals surface area contributed by atoms with Gasteiger partial charge in [-0.25, -0.2) is 0 Å².